The van der Waals surface area contributed by atoms with Gasteiger partial charge in [-0.2, -0.15) is 0 Å². The Balaban J connectivity index is 2.42. The Bertz CT molecular complexity index is 656. The van der Waals surface area contributed by atoms with Gasteiger partial charge in [-0.05, 0) is 49.2 Å². The number of hydrogen-bond donors (Lipinski definition) is 1. The van der Waals surface area contributed by atoms with Gasteiger partial charge in [-0.15, -0.1) is 0 Å². The zero-order valence-corrected chi connectivity index (χ0v) is 12.5. The first-order valence-electron chi connectivity index (χ1n) is 6.23. The van der Waals surface area contributed by atoms with Gasteiger partial charge >= 0.3 is 5.69 Å². The lowest BCUT2D eigenvalue weighted by Gasteiger charge is -2.08. The second-order valence-electron chi connectivity index (χ2n) is 4.51. The van der Waals surface area contributed by atoms with Crippen LogP contribution in [0.4, 0.5) is 11.4 Å². The normalized spacial score (nSPS) is 10.3. The summed E-state index contributed by atoms with van der Waals surface area (Å²) in [6.07, 6.45) is 0. The molecular weight excluding hydrogens is 272 g/mol. The summed E-state index contributed by atoms with van der Waals surface area (Å²) in [6, 6.07) is 11.4. The SMILES string of the molecule is CNc1cccc(Sc2ccc(C)c(C)c2)c1[N+](=O)[O-]. The van der Waals surface area contributed by atoms with Gasteiger partial charge in [0.1, 0.15) is 5.69 Å². The van der Waals surface area contributed by atoms with Crippen molar-refractivity contribution in [2.75, 3.05) is 12.4 Å². The van der Waals surface area contributed by atoms with Crippen LogP contribution in [0, 0.1) is 24.0 Å². The zero-order chi connectivity index (χ0) is 14.7. The minimum absolute atomic E-state index is 0.123. The van der Waals surface area contributed by atoms with E-state index in [2.05, 4.69) is 11.4 Å². The molecule has 1 N–H and O–H groups in total. The Hall–Kier alpha value is -2.01. The van der Waals surface area contributed by atoms with Gasteiger partial charge in [0.15, 0.2) is 0 Å². The van der Waals surface area contributed by atoms with E-state index in [0.717, 1.165) is 4.90 Å². The molecule has 0 aliphatic rings. The number of nitrogens with zero attached hydrogens (tertiary/aromatic N) is 1. The van der Waals surface area contributed by atoms with Crippen molar-refractivity contribution in [1.82, 2.24) is 0 Å². The molecule has 0 saturated carbocycles. The van der Waals surface area contributed by atoms with Crippen LogP contribution in [0.5, 0.6) is 0 Å². The third-order valence-electron chi connectivity index (χ3n) is 3.16. The fraction of sp³-hybridized carbons (Fsp3) is 0.200. The van der Waals surface area contributed by atoms with Crippen molar-refractivity contribution in [2.45, 2.75) is 23.6 Å². The molecule has 4 nitrogen and oxygen atoms in total. The third kappa shape index (κ3) is 2.93. The predicted octanol–water partition coefficient (Wildman–Crippen LogP) is 4.40. The van der Waals surface area contributed by atoms with Gasteiger partial charge in [0.2, 0.25) is 0 Å². The molecule has 0 heterocycles. The van der Waals surface area contributed by atoms with Gasteiger partial charge in [-0.25, -0.2) is 0 Å². The van der Waals surface area contributed by atoms with Crippen molar-refractivity contribution in [3.05, 3.63) is 57.6 Å². The molecule has 20 heavy (non-hydrogen) atoms. The molecule has 0 unspecified atom stereocenters. The predicted molar refractivity (Wildman–Crippen MR) is 82.7 cm³/mol. The van der Waals surface area contributed by atoms with Crippen LogP contribution in [0.3, 0.4) is 0 Å². The standard InChI is InChI=1S/C15H16N2O2S/c1-10-7-8-12(9-11(10)2)20-14-6-4-5-13(16-3)15(14)17(18)19/h4-9,16H,1-3H3. The molecule has 2 rings (SSSR count). The molecule has 5 heteroatoms. The highest BCUT2D eigenvalue weighted by Gasteiger charge is 2.19. The number of nitro benzene ring substituents is 1. The molecule has 0 aromatic heterocycles. The lowest BCUT2D eigenvalue weighted by atomic mass is 10.1. The van der Waals surface area contributed by atoms with Crippen molar-refractivity contribution in [3.8, 4) is 0 Å². The molecule has 0 aliphatic carbocycles. The summed E-state index contributed by atoms with van der Waals surface area (Å²) in [5, 5.41) is 14.1. The number of anilines is 1. The number of hydrogen-bond acceptors (Lipinski definition) is 4. The number of nitrogens with one attached hydrogen (secondary N) is 1. The van der Waals surface area contributed by atoms with E-state index in [1.165, 1.54) is 22.9 Å². The molecule has 0 aliphatic heterocycles. The molecule has 104 valence electrons. The van der Waals surface area contributed by atoms with Gasteiger partial charge < -0.3 is 5.32 Å². The van der Waals surface area contributed by atoms with E-state index in [-0.39, 0.29) is 10.6 Å². The van der Waals surface area contributed by atoms with E-state index in [1.807, 2.05) is 32.0 Å². The maximum absolute atomic E-state index is 11.3. The first kappa shape index (κ1) is 14.4. The fourth-order valence-electron chi connectivity index (χ4n) is 1.90. The summed E-state index contributed by atoms with van der Waals surface area (Å²) in [7, 11) is 1.69. The molecule has 0 amide bonds. The lowest BCUT2D eigenvalue weighted by molar-refractivity contribution is -0.386. The quantitative estimate of drug-likeness (QED) is 0.669. The third-order valence-corrected chi connectivity index (χ3v) is 4.20. The van der Waals surface area contributed by atoms with E-state index in [9.17, 15) is 10.1 Å². The van der Waals surface area contributed by atoms with E-state index in [4.69, 9.17) is 0 Å². The van der Waals surface area contributed by atoms with Crippen molar-refractivity contribution in [2.24, 2.45) is 0 Å². The molecule has 0 atom stereocenters. The van der Waals surface area contributed by atoms with Crippen LogP contribution in [0.1, 0.15) is 11.1 Å². The monoisotopic (exact) mass is 288 g/mol. The molecule has 2 aromatic carbocycles. The molecule has 0 saturated heterocycles. The van der Waals surface area contributed by atoms with Crippen LogP contribution < -0.4 is 5.32 Å². The number of para-hydroxylation sites is 1. The minimum atomic E-state index is -0.338. The number of aryl methyl sites for hydroxylation is 2. The van der Waals surface area contributed by atoms with Gasteiger partial charge in [0.05, 0.1) is 9.82 Å². The van der Waals surface area contributed by atoms with Crippen LogP contribution in [0.25, 0.3) is 0 Å². The van der Waals surface area contributed by atoms with Crippen LogP contribution in [-0.2, 0) is 0 Å². The van der Waals surface area contributed by atoms with Gasteiger partial charge in [0.25, 0.3) is 0 Å². The van der Waals surface area contributed by atoms with Crippen LogP contribution >= 0.6 is 11.8 Å². The highest BCUT2D eigenvalue weighted by atomic mass is 32.2. The second kappa shape index (κ2) is 5.96. The topological polar surface area (TPSA) is 55.2 Å². The number of rotatable bonds is 4. The van der Waals surface area contributed by atoms with Crippen LogP contribution in [0.15, 0.2) is 46.2 Å². The summed E-state index contributed by atoms with van der Waals surface area (Å²) in [4.78, 5) is 12.6. The fourth-order valence-corrected chi connectivity index (χ4v) is 2.95. The van der Waals surface area contributed by atoms with Gasteiger partial charge in [-0.1, -0.05) is 23.9 Å². The Labute approximate surface area is 122 Å². The molecule has 0 spiro atoms. The average molecular weight is 288 g/mol. The second-order valence-corrected chi connectivity index (χ2v) is 5.62. The lowest BCUT2D eigenvalue weighted by Crippen LogP contribution is -1.98. The Kier molecular flexibility index (Phi) is 4.29. The van der Waals surface area contributed by atoms with E-state index in [1.54, 1.807) is 19.2 Å². The van der Waals surface area contributed by atoms with Crippen molar-refractivity contribution < 1.29 is 4.92 Å². The van der Waals surface area contributed by atoms with Crippen LogP contribution in [-0.4, -0.2) is 12.0 Å². The number of nitro groups is 1. The van der Waals surface area contributed by atoms with E-state index in [0.29, 0.717) is 10.6 Å². The molecule has 0 fully saturated rings. The maximum Gasteiger partial charge on any atom is 0.306 e. The Morgan fingerprint density at radius 1 is 1.15 bits per heavy atom. The van der Waals surface area contributed by atoms with Crippen LogP contribution in [0.2, 0.25) is 0 Å². The summed E-state index contributed by atoms with van der Waals surface area (Å²) in [6.45, 7) is 4.09. The van der Waals surface area contributed by atoms with Crippen molar-refractivity contribution in [1.29, 1.82) is 0 Å². The highest BCUT2D eigenvalue weighted by Crippen LogP contribution is 2.39. The minimum Gasteiger partial charge on any atom is -0.383 e. The zero-order valence-electron chi connectivity index (χ0n) is 11.6. The highest BCUT2D eigenvalue weighted by molar-refractivity contribution is 7.99. The number of benzene rings is 2. The molecule has 0 bridgehead atoms. The summed E-state index contributed by atoms with van der Waals surface area (Å²) in [5.41, 5.74) is 3.05. The Morgan fingerprint density at radius 2 is 1.90 bits per heavy atom. The first-order valence-corrected chi connectivity index (χ1v) is 7.05. The molecule has 2 aromatic rings. The van der Waals surface area contributed by atoms with Crippen molar-refractivity contribution >= 4 is 23.1 Å². The smallest absolute Gasteiger partial charge is 0.306 e. The Morgan fingerprint density at radius 3 is 2.50 bits per heavy atom. The average Bonchev–Trinajstić information content (AvgIpc) is 2.42. The summed E-state index contributed by atoms with van der Waals surface area (Å²) >= 11 is 1.41. The van der Waals surface area contributed by atoms with E-state index < -0.39 is 0 Å². The summed E-state index contributed by atoms with van der Waals surface area (Å²) in [5.74, 6) is 0. The summed E-state index contributed by atoms with van der Waals surface area (Å²) < 4.78 is 0. The molecule has 0 radical (unpaired) electrons. The van der Waals surface area contributed by atoms with Gasteiger partial charge in [-0.3, -0.25) is 10.1 Å². The molecular formula is C15H16N2O2S. The maximum atomic E-state index is 11.3. The first-order chi connectivity index (χ1) is 9.52. The van der Waals surface area contributed by atoms with Crippen molar-refractivity contribution in [3.63, 3.8) is 0 Å². The van der Waals surface area contributed by atoms with E-state index >= 15 is 0 Å². The largest absolute Gasteiger partial charge is 0.383 e. The van der Waals surface area contributed by atoms with Gasteiger partial charge in [0, 0.05) is 11.9 Å².